The molecule has 0 saturated heterocycles. The first-order chi connectivity index (χ1) is 13.0. The van der Waals surface area contributed by atoms with Gasteiger partial charge in [0.1, 0.15) is 17.1 Å². The van der Waals surface area contributed by atoms with Gasteiger partial charge in [0, 0.05) is 6.42 Å². The Kier molecular flexibility index (Phi) is 5.35. The molecule has 1 aromatic carbocycles. The van der Waals surface area contributed by atoms with Crippen LogP contribution < -0.4 is 5.32 Å². The maximum atomic E-state index is 13.3. The monoisotopic (exact) mass is 368 g/mol. The summed E-state index contributed by atoms with van der Waals surface area (Å²) in [5, 5.41) is 2.91. The van der Waals surface area contributed by atoms with E-state index in [0.29, 0.717) is 12.2 Å². The summed E-state index contributed by atoms with van der Waals surface area (Å²) in [5.74, 6) is 1.17. The number of aryl methyl sites for hydroxylation is 1. The Morgan fingerprint density at radius 3 is 2.59 bits per heavy atom. The highest BCUT2D eigenvalue weighted by Gasteiger charge is 2.50. The zero-order valence-corrected chi connectivity index (χ0v) is 15.8. The van der Waals surface area contributed by atoms with Gasteiger partial charge < -0.3 is 14.5 Å². The molecule has 2 heterocycles. The molecule has 0 radical (unpaired) electrons. The molecule has 0 spiro atoms. The lowest BCUT2D eigenvalue weighted by Crippen LogP contribution is -2.60. The topological polar surface area (TPSA) is 71.8 Å². The summed E-state index contributed by atoms with van der Waals surface area (Å²) in [6.45, 7) is 3.96. The van der Waals surface area contributed by atoms with E-state index in [4.69, 9.17) is 9.15 Å². The summed E-state index contributed by atoms with van der Waals surface area (Å²) >= 11 is 0. The minimum Gasteiger partial charge on any atom is -0.465 e. The second-order valence-corrected chi connectivity index (χ2v) is 6.72. The molecule has 0 saturated carbocycles. The van der Waals surface area contributed by atoms with Gasteiger partial charge in [0.2, 0.25) is 0 Å². The van der Waals surface area contributed by atoms with E-state index >= 15 is 0 Å². The van der Waals surface area contributed by atoms with Crippen LogP contribution in [-0.4, -0.2) is 35.6 Å². The summed E-state index contributed by atoms with van der Waals surface area (Å²) < 4.78 is 10.5. The van der Waals surface area contributed by atoms with Crippen molar-refractivity contribution >= 4 is 12.0 Å². The van der Waals surface area contributed by atoms with Crippen LogP contribution in [0.2, 0.25) is 0 Å². The first kappa shape index (κ1) is 18.8. The Morgan fingerprint density at radius 1 is 1.22 bits per heavy atom. The highest BCUT2D eigenvalue weighted by molar-refractivity contribution is 5.93. The molecule has 2 atom stereocenters. The van der Waals surface area contributed by atoms with Gasteiger partial charge in [0.15, 0.2) is 0 Å². The summed E-state index contributed by atoms with van der Waals surface area (Å²) in [4.78, 5) is 27.2. The van der Waals surface area contributed by atoms with E-state index in [-0.39, 0.29) is 18.5 Å². The number of carbonyl (C=O) groups excluding carboxylic acids is 2. The molecular weight excluding hydrogens is 344 g/mol. The van der Waals surface area contributed by atoms with E-state index < -0.39 is 11.6 Å². The number of carbonyl (C=O) groups is 2. The van der Waals surface area contributed by atoms with Gasteiger partial charge in [-0.2, -0.15) is 0 Å². The number of hydrogen-bond donors (Lipinski definition) is 1. The van der Waals surface area contributed by atoms with Crippen molar-refractivity contribution in [3.63, 3.8) is 0 Å². The molecule has 0 fully saturated rings. The maximum Gasteiger partial charge on any atom is 0.411 e. The van der Waals surface area contributed by atoms with Gasteiger partial charge in [-0.1, -0.05) is 42.5 Å². The highest BCUT2D eigenvalue weighted by Crippen LogP contribution is 2.32. The Bertz CT molecular complexity index is 843. The van der Waals surface area contributed by atoms with E-state index in [9.17, 15) is 9.59 Å². The van der Waals surface area contributed by atoms with Crippen LogP contribution in [0.4, 0.5) is 4.79 Å². The van der Waals surface area contributed by atoms with Gasteiger partial charge in [-0.3, -0.25) is 9.69 Å². The Balaban J connectivity index is 1.90. The third kappa shape index (κ3) is 3.74. The van der Waals surface area contributed by atoms with E-state index in [0.717, 1.165) is 11.3 Å². The number of amides is 2. The van der Waals surface area contributed by atoms with Crippen LogP contribution in [0.25, 0.3) is 0 Å². The zero-order valence-electron chi connectivity index (χ0n) is 15.8. The molecule has 142 valence electrons. The van der Waals surface area contributed by atoms with Crippen LogP contribution in [0.1, 0.15) is 24.0 Å². The lowest BCUT2D eigenvalue weighted by molar-refractivity contribution is -0.130. The van der Waals surface area contributed by atoms with Crippen LogP contribution in [-0.2, 0) is 22.5 Å². The summed E-state index contributed by atoms with van der Waals surface area (Å²) in [7, 11) is 1.32. The quantitative estimate of drug-likeness (QED) is 0.823. The fourth-order valence-electron chi connectivity index (χ4n) is 3.47. The molecule has 3 rings (SSSR count). The minimum absolute atomic E-state index is 0.250. The average Bonchev–Trinajstić information content (AvgIpc) is 3.24. The number of benzene rings is 1. The summed E-state index contributed by atoms with van der Waals surface area (Å²) in [6.07, 6.45) is 3.47. The first-order valence-corrected chi connectivity index (χ1v) is 8.90. The molecule has 0 unspecified atom stereocenters. The lowest BCUT2D eigenvalue weighted by atomic mass is 9.89. The van der Waals surface area contributed by atoms with Gasteiger partial charge in [-0.05, 0) is 31.5 Å². The number of ether oxygens (including phenoxy) is 1. The van der Waals surface area contributed by atoms with Crippen molar-refractivity contribution in [2.75, 3.05) is 7.11 Å². The fourth-order valence-corrected chi connectivity index (χ4v) is 3.47. The Morgan fingerprint density at radius 2 is 1.96 bits per heavy atom. The van der Waals surface area contributed by atoms with Gasteiger partial charge in [0.25, 0.3) is 5.91 Å². The van der Waals surface area contributed by atoms with Gasteiger partial charge in [-0.25, -0.2) is 4.79 Å². The number of furan rings is 1. The maximum absolute atomic E-state index is 13.3. The molecule has 27 heavy (non-hydrogen) atoms. The van der Waals surface area contributed by atoms with E-state index in [1.807, 2.05) is 62.4 Å². The van der Waals surface area contributed by atoms with Crippen LogP contribution in [0.15, 0.2) is 59.0 Å². The van der Waals surface area contributed by atoms with Crippen molar-refractivity contribution < 1.29 is 18.7 Å². The molecule has 1 N–H and O–H groups in total. The molecule has 1 aliphatic rings. The lowest BCUT2D eigenvalue weighted by Gasteiger charge is -2.38. The van der Waals surface area contributed by atoms with Crippen LogP contribution in [0.5, 0.6) is 0 Å². The van der Waals surface area contributed by atoms with Gasteiger partial charge >= 0.3 is 6.09 Å². The van der Waals surface area contributed by atoms with Crippen LogP contribution >= 0.6 is 0 Å². The van der Waals surface area contributed by atoms with Crippen molar-refractivity contribution in [1.29, 1.82) is 0 Å². The molecule has 1 aromatic heterocycles. The van der Waals surface area contributed by atoms with Crippen molar-refractivity contribution in [3.8, 4) is 0 Å². The third-order valence-corrected chi connectivity index (χ3v) is 4.79. The second kappa shape index (κ2) is 7.70. The SMILES string of the molecule is COC(=O)N1[C@H](C)C=C[C@]1(Cc1ccccc1)C(=O)NCc1ccc(C)o1. The predicted molar refractivity (Wildman–Crippen MR) is 101 cm³/mol. The predicted octanol–water partition coefficient (Wildman–Crippen LogP) is 3.21. The molecule has 1 aliphatic heterocycles. The largest absolute Gasteiger partial charge is 0.465 e. The minimum atomic E-state index is -1.16. The van der Waals surface area contributed by atoms with Gasteiger partial charge in [-0.15, -0.1) is 0 Å². The Hall–Kier alpha value is -3.02. The van der Waals surface area contributed by atoms with Crippen LogP contribution in [0, 0.1) is 6.92 Å². The number of nitrogens with one attached hydrogen (secondary N) is 1. The highest BCUT2D eigenvalue weighted by atomic mass is 16.5. The normalized spacial score (nSPS) is 21.3. The Labute approximate surface area is 158 Å². The van der Waals surface area contributed by atoms with Gasteiger partial charge in [0.05, 0.1) is 19.7 Å². The molecule has 6 nitrogen and oxygen atoms in total. The first-order valence-electron chi connectivity index (χ1n) is 8.90. The molecular formula is C21H24N2O4. The number of methoxy groups -OCH3 is 1. The number of hydrogen-bond acceptors (Lipinski definition) is 4. The third-order valence-electron chi connectivity index (χ3n) is 4.79. The standard InChI is InChI=1S/C21H24N2O4/c1-15-11-12-21(23(15)20(25)26-3,13-17-7-5-4-6-8-17)19(24)22-14-18-10-9-16(2)27-18/h4-12,15H,13-14H2,1-3H3,(H,22,24)/t15-,21+/m1/s1. The molecule has 6 heteroatoms. The van der Waals surface area contributed by atoms with E-state index in [2.05, 4.69) is 5.32 Å². The fraction of sp³-hybridized carbons (Fsp3) is 0.333. The zero-order chi connectivity index (χ0) is 19.4. The summed E-state index contributed by atoms with van der Waals surface area (Å²) in [6, 6.07) is 13.0. The average molecular weight is 368 g/mol. The molecule has 0 bridgehead atoms. The van der Waals surface area contributed by atoms with Crippen molar-refractivity contribution in [1.82, 2.24) is 10.2 Å². The molecule has 2 amide bonds. The van der Waals surface area contributed by atoms with E-state index in [1.54, 1.807) is 6.08 Å². The van der Waals surface area contributed by atoms with E-state index in [1.165, 1.54) is 12.0 Å². The van der Waals surface area contributed by atoms with Crippen LogP contribution in [0.3, 0.4) is 0 Å². The molecule has 2 aromatic rings. The number of rotatable bonds is 5. The second-order valence-electron chi connectivity index (χ2n) is 6.72. The summed E-state index contributed by atoms with van der Waals surface area (Å²) in [5.41, 5.74) is -0.204. The van der Waals surface area contributed by atoms with Crippen molar-refractivity contribution in [2.45, 2.75) is 38.4 Å². The smallest absolute Gasteiger partial charge is 0.411 e. The molecule has 0 aliphatic carbocycles. The number of nitrogens with zero attached hydrogens (tertiary/aromatic N) is 1. The van der Waals surface area contributed by atoms with Crippen molar-refractivity contribution in [3.05, 3.63) is 71.7 Å². The van der Waals surface area contributed by atoms with Crippen molar-refractivity contribution in [2.24, 2.45) is 0 Å².